The van der Waals surface area contributed by atoms with Crippen molar-refractivity contribution in [1.82, 2.24) is 0 Å². The Morgan fingerprint density at radius 1 is 1.43 bits per heavy atom. The maximum atomic E-state index is 13.1. The van der Waals surface area contributed by atoms with Crippen LogP contribution in [0.2, 0.25) is 0 Å². The van der Waals surface area contributed by atoms with Crippen molar-refractivity contribution >= 4 is 23.4 Å². The molecule has 14 heavy (non-hydrogen) atoms. The quantitative estimate of drug-likeness (QED) is 0.487. The molecular formula is C9H9FN2O2. The zero-order chi connectivity index (χ0) is 10.7. The monoisotopic (exact) mass is 196 g/mol. The molecule has 0 spiro atoms. The fourth-order valence-corrected chi connectivity index (χ4v) is 0.931. The second kappa shape index (κ2) is 3.78. The third kappa shape index (κ3) is 2.01. The first kappa shape index (κ1) is 10.0. The van der Waals surface area contributed by atoms with E-state index in [-0.39, 0.29) is 11.4 Å². The van der Waals surface area contributed by atoms with E-state index in [0.29, 0.717) is 5.56 Å². The van der Waals surface area contributed by atoms with Crippen LogP contribution in [0.25, 0.3) is 6.08 Å². The van der Waals surface area contributed by atoms with Gasteiger partial charge in [-0.25, -0.2) is 9.18 Å². The van der Waals surface area contributed by atoms with Gasteiger partial charge in [0.05, 0.1) is 11.4 Å². The summed E-state index contributed by atoms with van der Waals surface area (Å²) in [5.74, 6) is -1.85. The summed E-state index contributed by atoms with van der Waals surface area (Å²) in [6.07, 6.45) is 2.08. The maximum absolute atomic E-state index is 13.1. The zero-order valence-electron chi connectivity index (χ0n) is 7.20. The van der Waals surface area contributed by atoms with E-state index in [0.717, 1.165) is 6.08 Å². The predicted molar refractivity (Wildman–Crippen MR) is 51.9 cm³/mol. The van der Waals surface area contributed by atoms with Crippen molar-refractivity contribution < 1.29 is 14.3 Å². The molecule has 0 aliphatic heterocycles. The Bertz CT molecular complexity index is 402. The minimum Gasteiger partial charge on any atom is -0.478 e. The van der Waals surface area contributed by atoms with Gasteiger partial charge in [-0.1, -0.05) is 6.07 Å². The van der Waals surface area contributed by atoms with Gasteiger partial charge in [0, 0.05) is 11.6 Å². The predicted octanol–water partition coefficient (Wildman–Crippen LogP) is 1.09. The number of hydrogen-bond acceptors (Lipinski definition) is 3. The summed E-state index contributed by atoms with van der Waals surface area (Å²) in [6.45, 7) is 0. The van der Waals surface area contributed by atoms with E-state index >= 15 is 0 Å². The van der Waals surface area contributed by atoms with Gasteiger partial charge >= 0.3 is 5.97 Å². The molecule has 74 valence electrons. The van der Waals surface area contributed by atoms with Gasteiger partial charge in [0.1, 0.15) is 0 Å². The SMILES string of the molecule is Nc1ccc(C=CC(=O)O)c(N)c1F. The highest BCUT2D eigenvalue weighted by Crippen LogP contribution is 2.22. The van der Waals surface area contributed by atoms with Gasteiger partial charge in [-0.2, -0.15) is 0 Å². The third-order valence-electron chi connectivity index (χ3n) is 1.65. The van der Waals surface area contributed by atoms with Gasteiger partial charge in [-0.15, -0.1) is 0 Å². The molecule has 0 heterocycles. The van der Waals surface area contributed by atoms with E-state index in [1.807, 2.05) is 0 Å². The van der Waals surface area contributed by atoms with Crippen molar-refractivity contribution in [2.24, 2.45) is 0 Å². The van der Waals surface area contributed by atoms with Gasteiger partial charge in [0.15, 0.2) is 5.82 Å². The van der Waals surface area contributed by atoms with Gasteiger partial charge in [-0.3, -0.25) is 0 Å². The van der Waals surface area contributed by atoms with Crippen molar-refractivity contribution in [3.05, 3.63) is 29.6 Å². The molecule has 0 unspecified atom stereocenters. The van der Waals surface area contributed by atoms with E-state index in [9.17, 15) is 9.18 Å². The summed E-state index contributed by atoms with van der Waals surface area (Å²) in [4.78, 5) is 10.2. The lowest BCUT2D eigenvalue weighted by atomic mass is 10.1. The number of anilines is 2. The van der Waals surface area contributed by atoms with Gasteiger partial charge in [-0.05, 0) is 12.1 Å². The minimum atomic E-state index is -1.12. The number of carboxylic acids is 1. The number of aliphatic carboxylic acids is 1. The number of halogens is 1. The largest absolute Gasteiger partial charge is 0.478 e. The highest BCUT2D eigenvalue weighted by molar-refractivity contribution is 5.87. The fraction of sp³-hybridized carbons (Fsp3) is 0. The van der Waals surface area contributed by atoms with Crippen molar-refractivity contribution in [3.63, 3.8) is 0 Å². The summed E-state index contributed by atoms with van der Waals surface area (Å²) in [6, 6.07) is 2.78. The lowest BCUT2D eigenvalue weighted by Gasteiger charge is -2.03. The molecular weight excluding hydrogens is 187 g/mol. The van der Waals surface area contributed by atoms with Crippen molar-refractivity contribution in [2.75, 3.05) is 11.5 Å². The summed E-state index contributed by atoms with van der Waals surface area (Å²) in [5, 5.41) is 8.34. The number of carboxylic acid groups (broad SMARTS) is 1. The second-order valence-electron chi connectivity index (χ2n) is 2.64. The van der Waals surface area contributed by atoms with E-state index < -0.39 is 11.8 Å². The Labute approximate surface area is 79.6 Å². The van der Waals surface area contributed by atoms with Crippen molar-refractivity contribution in [2.45, 2.75) is 0 Å². The second-order valence-corrected chi connectivity index (χ2v) is 2.64. The molecule has 0 fully saturated rings. The highest BCUT2D eigenvalue weighted by atomic mass is 19.1. The van der Waals surface area contributed by atoms with Gasteiger partial charge < -0.3 is 16.6 Å². The van der Waals surface area contributed by atoms with Crippen LogP contribution in [-0.4, -0.2) is 11.1 Å². The van der Waals surface area contributed by atoms with Crippen LogP contribution in [0.1, 0.15) is 5.56 Å². The molecule has 0 atom stereocenters. The molecule has 0 saturated heterocycles. The van der Waals surface area contributed by atoms with Crippen molar-refractivity contribution in [3.8, 4) is 0 Å². The molecule has 0 amide bonds. The number of nitrogen functional groups attached to an aromatic ring is 2. The molecule has 0 aromatic heterocycles. The molecule has 1 rings (SSSR count). The zero-order valence-corrected chi connectivity index (χ0v) is 7.20. The third-order valence-corrected chi connectivity index (χ3v) is 1.65. The summed E-state index contributed by atoms with van der Waals surface area (Å²) >= 11 is 0. The molecule has 5 N–H and O–H groups in total. The number of hydrogen-bond donors (Lipinski definition) is 3. The number of benzene rings is 1. The molecule has 0 bridgehead atoms. The number of rotatable bonds is 2. The van der Waals surface area contributed by atoms with Crippen LogP contribution in [0.5, 0.6) is 0 Å². The lowest BCUT2D eigenvalue weighted by Crippen LogP contribution is -1.99. The molecule has 0 aliphatic rings. The van der Waals surface area contributed by atoms with E-state index in [4.69, 9.17) is 16.6 Å². The minimum absolute atomic E-state index is 0.0602. The molecule has 4 nitrogen and oxygen atoms in total. The first-order valence-corrected chi connectivity index (χ1v) is 3.77. The standard InChI is InChI=1S/C9H9FN2O2/c10-8-6(11)3-1-5(9(8)12)2-4-7(13)14/h1-4H,11-12H2,(H,13,14). The Hall–Kier alpha value is -2.04. The molecule has 0 radical (unpaired) electrons. The average molecular weight is 196 g/mol. The number of nitrogens with two attached hydrogens (primary N) is 2. The Morgan fingerprint density at radius 2 is 2.07 bits per heavy atom. The normalized spacial score (nSPS) is 10.6. The highest BCUT2D eigenvalue weighted by Gasteiger charge is 2.06. The van der Waals surface area contributed by atoms with Gasteiger partial charge in [0.2, 0.25) is 0 Å². The maximum Gasteiger partial charge on any atom is 0.328 e. The van der Waals surface area contributed by atoms with Crippen molar-refractivity contribution in [1.29, 1.82) is 0 Å². The molecule has 1 aromatic carbocycles. The smallest absolute Gasteiger partial charge is 0.328 e. The first-order valence-electron chi connectivity index (χ1n) is 3.77. The van der Waals surface area contributed by atoms with Crippen LogP contribution in [0.3, 0.4) is 0 Å². The number of carbonyl (C=O) groups is 1. The van der Waals surface area contributed by atoms with Crippen LogP contribution in [0.15, 0.2) is 18.2 Å². The Kier molecular flexibility index (Phi) is 2.71. The molecule has 1 aromatic rings. The lowest BCUT2D eigenvalue weighted by molar-refractivity contribution is -0.131. The van der Waals surface area contributed by atoms with Crippen LogP contribution in [-0.2, 0) is 4.79 Å². The van der Waals surface area contributed by atoms with Crippen LogP contribution >= 0.6 is 0 Å². The van der Waals surface area contributed by atoms with Crippen LogP contribution < -0.4 is 11.5 Å². The topological polar surface area (TPSA) is 89.3 Å². The van der Waals surface area contributed by atoms with E-state index in [1.54, 1.807) is 0 Å². The molecule has 5 heteroatoms. The molecule has 0 aliphatic carbocycles. The van der Waals surface area contributed by atoms with Crippen LogP contribution in [0, 0.1) is 5.82 Å². The van der Waals surface area contributed by atoms with E-state index in [2.05, 4.69) is 0 Å². The fourth-order valence-electron chi connectivity index (χ4n) is 0.931. The average Bonchev–Trinajstić information content (AvgIpc) is 2.13. The summed E-state index contributed by atoms with van der Waals surface area (Å²) < 4.78 is 13.1. The van der Waals surface area contributed by atoms with Gasteiger partial charge in [0.25, 0.3) is 0 Å². The summed E-state index contributed by atoms with van der Waals surface area (Å²) in [5.41, 5.74) is 10.7. The first-order chi connectivity index (χ1) is 6.52. The van der Waals surface area contributed by atoms with E-state index in [1.165, 1.54) is 18.2 Å². The molecule has 0 saturated carbocycles. The Balaban J connectivity index is 3.12. The van der Waals surface area contributed by atoms with Crippen LogP contribution in [0.4, 0.5) is 15.8 Å². The Morgan fingerprint density at radius 3 is 2.64 bits per heavy atom. The summed E-state index contributed by atoms with van der Waals surface area (Å²) in [7, 11) is 0.